The number of hydrogen-bond acceptors (Lipinski definition) is 3. The largest absolute Gasteiger partial charge is 0.322 e. The van der Waals surface area contributed by atoms with Gasteiger partial charge in [-0.2, -0.15) is 0 Å². The fourth-order valence-corrected chi connectivity index (χ4v) is 1.51. The summed E-state index contributed by atoms with van der Waals surface area (Å²) in [7, 11) is 0. The molecule has 0 fully saturated rings. The highest BCUT2D eigenvalue weighted by Gasteiger charge is 2.08. The summed E-state index contributed by atoms with van der Waals surface area (Å²) in [6.07, 6.45) is 6.95. The smallest absolute Gasteiger partial charge is 0.255 e. The Labute approximate surface area is 118 Å². The van der Waals surface area contributed by atoms with Crippen LogP contribution in [0.25, 0.3) is 0 Å². The SMILES string of the molecule is C=C/C=C\C(=C/C)NC(=O)c1ccc(C)c(N=NN)c1. The van der Waals surface area contributed by atoms with Gasteiger partial charge in [0, 0.05) is 11.3 Å². The molecule has 20 heavy (non-hydrogen) atoms. The maximum atomic E-state index is 12.1. The first-order valence-electron chi connectivity index (χ1n) is 6.10. The third kappa shape index (κ3) is 4.20. The van der Waals surface area contributed by atoms with Crippen LogP contribution in [-0.4, -0.2) is 5.91 Å². The molecular weight excluding hydrogens is 252 g/mol. The Morgan fingerprint density at radius 2 is 2.20 bits per heavy atom. The second kappa shape index (κ2) is 7.68. The first-order chi connectivity index (χ1) is 9.62. The Bertz CT molecular complexity index is 586. The van der Waals surface area contributed by atoms with Crippen molar-refractivity contribution in [1.82, 2.24) is 5.32 Å². The number of nitrogens with two attached hydrogens (primary N) is 1. The Morgan fingerprint density at radius 1 is 1.45 bits per heavy atom. The second-order valence-corrected chi connectivity index (χ2v) is 4.01. The minimum absolute atomic E-state index is 0.222. The number of rotatable bonds is 5. The number of aryl methyl sites for hydroxylation is 1. The van der Waals surface area contributed by atoms with Gasteiger partial charge < -0.3 is 11.2 Å². The number of benzene rings is 1. The van der Waals surface area contributed by atoms with Crippen molar-refractivity contribution in [2.24, 2.45) is 16.2 Å². The molecule has 0 heterocycles. The minimum atomic E-state index is -0.222. The van der Waals surface area contributed by atoms with Gasteiger partial charge in [0.25, 0.3) is 5.91 Å². The van der Waals surface area contributed by atoms with Gasteiger partial charge in [0.1, 0.15) is 0 Å². The fourth-order valence-electron chi connectivity index (χ4n) is 1.51. The highest BCUT2D eigenvalue weighted by atomic mass is 16.1. The zero-order valence-corrected chi connectivity index (χ0v) is 11.6. The molecule has 0 unspecified atom stereocenters. The molecule has 1 aromatic carbocycles. The molecule has 0 bridgehead atoms. The van der Waals surface area contributed by atoms with E-state index in [1.54, 1.807) is 42.5 Å². The van der Waals surface area contributed by atoms with Gasteiger partial charge in [-0.15, -0.1) is 5.11 Å². The second-order valence-electron chi connectivity index (χ2n) is 4.01. The normalized spacial score (nSPS) is 12.0. The summed E-state index contributed by atoms with van der Waals surface area (Å²) in [5, 5.41) is 9.81. The quantitative estimate of drug-likeness (QED) is 0.372. The molecule has 1 rings (SSSR count). The van der Waals surface area contributed by atoms with Crippen LogP contribution in [0.1, 0.15) is 22.8 Å². The van der Waals surface area contributed by atoms with Crippen LogP contribution in [0, 0.1) is 6.92 Å². The maximum Gasteiger partial charge on any atom is 0.255 e. The van der Waals surface area contributed by atoms with Crippen molar-refractivity contribution in [2.45, 2.75) is 13.8 Å². The molecule has 0 saturated heterocycles. The Hall–Kier alpha value is -2.69. The Morgan fingerprint density at radius 3 is 2.80 bits per heavy atom. The van der Waals surface area contributed by atoms with E-state index in [9.17, 15) is 4.79 Å². The lowest BCUT2D eigenvalue weighted by Crippen LogP contribution is -2.21. The number of nitrogens with zero attached hydrogens (tertiary/aromatic N) is 2. The van der Waals surface area contributed by atoms with Crippen LogP contribution in [0.4, 0.5) is 5.69 Å². The van der Waals surface area contributed by atoms with Crippen molar-refractivity contribution in [2.75, 3.05) is 0 Å². The van der Waals surface area contributed by atoms with Crippen LogP contribution in [0.3, 0.4) is 0 Å². The molecule has 0 radical (unpaired) electrons. The maximum absolute atomic E-state index is 12.1. The molecule has 0 aliphatic heterocycles. The van der Waals surface area contributed by atoms with E-state index in [0.29, 0.717) is 16.9 Å². The summed E-state index contributed by atoms with van der Waals surface area (Å²) in [5.41, 5.74) is 2.65. The van der Waals surface area contributed by atoms with Gasteiger partial charge in [-0.3, -0.25) is 4.79 Å². The third-order valence-corrected chi connectivity index (χ3v) is 2.62. The van der Waals surface area contributed by atoms with E-state index in [1.165, 1.54) is 0 Å². The van der Waals surface area contributed by atoms with E-state index in [4.69, 9.17) is 5.84 Å². The molecule has 1 amide bonds. The molecule has 0 spiro atoms. The summed E-state index contributed by atoms with van der Waals surface area (Å²) >= 11 is 0. The highest BCUT2D eigenvalue weighted by molar-refractivity contribution is 5.96. The zero-order valence-electron chi connectivity index (χ0n) is 11.6. The molecule has 104 valence electrons. The number of hydrogen-bond donors (Lipinski definition) is 2. The monoisotopic (exact) mass is 270 g/mol. The molecular formula is C15H18N4O. The van der Waals surface area contributed by atoms with E-state index < -0.39 is 0 Å². The Balaban J connectivity index is 2.95. The predicted octanol–water partition coefficient (Wildman–Crippen LogP) is 3.33. The lowest BCUT2D eigenvalue weighted by atomic mass is 10.1. The van der Waals surface area contributed by atoms with E-state index in [0.717, 1.165) is 5.56 Å². The molecule has 5 heteroatoms. The van der Waals surface area contributed by atoms with Gasteiger partial charge in [-0.1, -0.05) is 36.1 Å². The van der Waals surface area contributed by atoms with Crippen molar-refractivity contribution in [3.05, 3.63) is 65.9 Å². The van der Waals surface area contributed by atoms with Crippen LogP contribution >= 0.6 is 0 Å². The third-order valence-electron chi connectivity index (χ3n) is 2.62. The number of amides is 1. The van der Waals surface area contributed by atoms with E-state index in [-0.39, 0.29) is 5.91 Å². The molecule has 0 atom stereocenters. The first kappa shape index (κ1) is 15.4. The van der Waals surface area contributed by atoms with Crippen LogP contribution in [0.2, 0.25) is 0 Å². The summed E-state index contributed by atoms with van der Waals surface area (Å²) in [5.74, 6) is 4.82. The van der Waals surface area contributed by atoms with Crippen LogP contribution in [0.5, 0.6) is 0 Å². The van der Waals surface area contributed by atoms with Gasteiger partial charge in [0.05, 0.1) is 5.69 Å². The van der Waals surface area contributed by atoms with Crippen molar-refractivity contribution < 1.29 is 4.79 Å². The number of nitrogens with one attached hydrogen (secondary N) is 1. The first-order valence-corrected chi connectivity index (χ1v) is 6.10. The van der Waals surface area contributed by atoms with Crippen molar-refractivity contribution >= 4 is 11.6 Å². The lowest BCUT2D eigenvalue weighted by Gasteiger charge is -2.07. The van der Waals surface area contributed by atoms with E-state index in [1.807, 2.05) is 13.8 Å². The van der Waals surface area contributed by atoms with Gasteiger partial charge in [-0.25, -0.2) is 0 Å². The molecule has 1 aromatic rings. The number of allylic oxidation sites excluding steroid dienone is 4. The summed E-state index contributed by atoms with van der Waals surface area (Å²) in [4.78, 5) is 12.1. The van der Waals surface area contributed by atoms with Crippen LogP contribution in [0.15, 0.2) is 65.1 Å². The van der Waals surface area contributed by atoms with E-state index in [2.05, 4.69) is 22.2 Å². The van der Waals surface area contributed by atoms with Crippen LogP contribution < -0.4 is 11.2 Å². The van der Waals surface area contributed by atoms with Gasteiger partial charge in [-0.05, 0) is 37.6 Å². The summed E-state index contributed by atoms with van der Waals surface area (Å²) in [6, 6.07) is 5.17. The molecule has 3 N–H and O–H groups in total. The standard InChI is InChI=1S/C15H18N4O/c1-4-6-7-13(5-2)17-15(20)12-9-8-11(3)14(10-12)18-19-16/h4-10H,1H2,2-3H3,(H2,16,18)(H,17,20)/b7-6-,13-5+. The zero-order chi connectivity index (χ0) is 15.0. The minimum Gasteiger partial charge on any atom is -0.322 e. The van der Waals surface area contributed by atoms with Crippen molar-refractivity contribution in [3.8, 4) is 0 Å². The molecule has 0 aliphatic rings. The lowest BCUT2D eigenvalue weighted by molar-refractivity contribution is 0.0967. The molecule has 5 nitrogen and oxygen atoms in total. The number of carbonyl (C=O) groups excluding carboxylic acids is 1. The van der Waals surface area contributed by atoms with Crippen molar-refractivity contribution in [1.29, 1.82) is 0 Å². The van der Waals surface area contributed by atoms with Gasteiger partial charge in [0.2, 0.25) is 0 Å². The fraction of sp³-hybridized carbons (Fsp3) is 0.133. The van der Waals surface area contributed by atoms with E-state index >= 15 is 0 Å². The van der Waals surface area contributed by atoms with Gasteiger partial charge >= 0.3 is 0 Å². The summed E-state index contributed by atoms with van der Waals surface area (Å²) in [6.45, 7) is 7.30. The van der Waals surface area contributed by atoms with Crippen molar-refractivity contribution in [3.63, 3.8) is 0 Å². The average Bonchev–Trinajstić information content (AvgIpc) is 2.45. The molecule has 0 aromatic heterocycles. The Kier molecular flexibility index (Phi) is 5.90. The van der Waals surface area contributed by atoms with Gasteiger partial charge in [0.15, 0.2) is 0 Å². The molecule has 0 aliphatic carbocycles. The summed E-state index contributed by atoms with van der Waals surface area (Å²) < 4.78 is 0. The average molecular weight is 270 g/mol. The topological polar surface area (TPSA) is 79.8 Å². The number of carbonyl (C=O) groups is 1. The molecule has 0 saturated carbocycles. The van der Waals surface area contributed by atoms with Crippen LogP contribution in [-0.2, 0) is 0 Å². The highest BCUT2D eigenvalue weighted by Crippen LogP contribution is 2.20. The predicted molar refractivity (Wildman–Crippen MR) is 80.4 cm³/mol.